The number of methoxy groups -OCH3 is 1. The molecule has 0 heterocycles. The molecule has 98 valence electrons. The lowest BCUT2D eigenvalue weighted by atomic mass is 10.2. The molecule has 0 aliphatic carbocycles. The Morgan fingerprint density at radius 1 is 1.39 bits per heavy atom. The summed E-state index contributed by atoms with van der Waals surface area (Å²) in [5, 5.41) is 3.30. The van der Waals surface area contributed by atoms with Crippen molar-refractivity contribution in [3.63, 3.8) is 0 Å². The van der Waals surface area contributed by atoms with Gasteiger partial charge in [-0.3, -0.25) is 0 Å². The van der Waals surface area contributed by atoms with Gasteiger partial charge in [-0.15, -0.1) is 5.92 Å². The van der Waals surface area contributed by atoms with Gasteiger partial charge in [0.05, 0.1) is 6.61 Å². The monoisotopic (exact) mass is 311 g/mol. The van der Waals surface area contributed by atoms with Gasteiger partial charge in [0.15, 0.2) is 0 Å². The fraction of sp³-hybridized carbons (Fsp3) is 0.429. The molecule has 0 fully saturated rings. The van der Waals surface area contributed by atoms with Gasteiger partial charge in [0.25, 0.3) is 0 Å². The van der Waals surface area contributed by atoms with E-state index in [2.05, 4.69) is 33.1 Å². The number of halogens is 1. The predicted octanol–water partition coefficient (Wildman–Crippen LogP) is 2.59. The molecule has 0 unspecified atom stereocenters. The zero-order valence-corrected chi connectivity index (χ0v) is 12.3. The fourth-order valence-electron chi connectivity index (χ4n) is 1.37. The van der Waals surface area contributed by atoms with E-state index in [0.717, 1.165) is 28.9 Å². The van der Waals surface area contributed by atoms with Crippen molar-refractivity contribution >= 4 is 15.9 Å². The van der Waals surface area contributed by atoms with Gasteiger partial charge in [0.2, 0.25) is 0 Å². The molecule has 0 aliphatic rings. The van der Waals surface area contributed by atoms with Crippen LogP contribution in [-0.4, -0.2) is 26.9 Å². The summed E-state index contributed by atoms with van der Waals surface area (Å²) in [6.45, 7) is 4.54. The molecule has 1 aromatic rings. The Bertz CT molecular complexity index is 424. The summed E-state index contributed by atoms with van der Waals surface area (Å²) in [5.41, 5.74) is 1.16. The van der Waals surface area contributed by atoms with Crippen LogP contribution in [0.25, 0.3) is 0 Å². The summed E-state index contributed by atoms with van der Waals surface area (Å²) in [7, 11) is 1.70. The zero-order valence-electron chi connectivity index (χ0n) is 10.8. The van der Waals surface area contributed by atoms with E-state index < -0.39 is 0 Å². The summed E-state index contributed by atoms with van der Waals surface area (Å²) < 4.78 is 11.6. The van der Waals surface area contributed by atoms with Crippen LogP contribution in [0.4, 0.5) is 0 Å². The van der Waals surface area contributed by atoms with Gasteiger partial charge in [-0.1, -0.05) is 21.9 Å². The molecule has 0 aromatic heterocycles. The normalized spacial score (nSPS) is 9.72. The van der Waals surface area contributed by atoms with Crippen LogP contribution in [0.5, 0.6) is 5.75 Å². The first-order valence-corrected chi connectivity index (χ1v) is 6.57. The van der Waals surface area contributed by atoms with Gasteiger partial charge < -0.3 is 14.8 Å². The van der Waals surface area contributed by atoms with Crippen LogP contribution in [0.15, 0.2) is 22.7 Å². The first-order chi connectivity index (χ1) is 8.77. The van der Waals surface area contributed by atoms with E-state index in [-0.39, 0.29) is 0 Å². The van der Waals surface area contributed by atoms with Gasteiger partial charge in [0, 0.05) is 24.7 Å². The molecule has 1 N–H and O–H groups in total. The van der Waals surface area contributed by atoms with Gasteiger partial charge in [-0.05, 0) is 30.7 Å². The highest BCUT2D eigenvalue weighted by Crippen LogP contribution is 2.22. The number of rotatable bonds is 7. The molecule has 0 saturated heterocycles. The maximum Gasteiger partial charge on any atom is 0.149 e. The van der Waals surface area contributed by atoms with Crippen molar-refractivity contribution in [2.45, 2.75) is 13.5 Å². The van der Waals surface area contributed by atoms with E-state index in [1.54, 1.807) is 14.0 Å². The van der Waals surface area contributed by atoms with Gasteiger partial charge in [0.1, 0.15) is 12.4 Å². The van der Waals surface area contributed by atoms with E-state index in [1.807, 2.05) is 18.2 Å². The van der Waals surface area contributed by atoms with Gasteiger partial charge in [-0.25, -0.2) is 0 Å². The summed E-state index contributed by atoms with van der Waals surface area (Å²) in [6, 6.07) is 5.93. The Kier molecular flexibility index (Phi) is 7.51. The molecule has 0 amide bonds. The van der Waals surface area contributed by atoms with Crippen molar-refractivity contribution in [2.75, 3.05) is 26.9 Å². The van der Waals surface area contributed by atoms with Crippen LogP contribution in [0, 0.1) is 11.8 Å². The Hall–Kier alpha value is -1.02. The minimum Gasteiger partial charge on any atom is -0.481 e. The van der Waals surface area contributed by atoms with E-state index in [1.165, 1.54) is 0 Å². The molecule has 0 radical (unpaired) electrons. The average Bonchev–Trinajstić information content (AvgIpc) is 2.38. The molecule has 0 spiro atoms. The molecule has 1 rings (SSSR count). The van der Waals surface area contributed by atoms with Crippen LogP contribution >= 0.6 is 15.9 Å². The maximum atomic E-state index is 5.52. The summed E-state index contributed by atoms with van der Waals surface area (Å²) in [4.78, 5) is 0. The second kappa shape index (κ2) is 8.98. The van der Waals surface area contributed by atoms with Crippen molar-refractivity contribution in [2.24, 2.45) is 0 Å². The van der Waals surface area contributed by atoms with Crippen molar-refractivity contribution in [3.8, 4) is 17.6 Å². The lowest BCUT2D eigenvalue weighted by molar-refractivity contribution is 0.199. The first-order valence-electron chi connectivity index (χ1n) is 5.78. The highest BCUT2D eigenvalue weighted by molar-refractivity contribution is 9.10. The molecule has 4 heteroatoms. The van der Waals surface area contributed by atoms with Crippen LogP contribution in [0.2, 0.25) is 0 Å². The van der Waals surface area contributed by atoms with E-state index in [4.69, 9.17) is 9.47 Å². The van der Waals surface area contributed by atoms with E-state index in [0.29, 0.717) is 13.2 Å². The quantitative estimate of drug-likeness (QED) is 0.620. The Labute approximate surface area is 117 Å². The van der Waals surface area contributed by atoms with Crippen molar-refractivity contribution in [1.29, 1.82) is 0 Å². The second-order valence-corrected chi connectivity index (χ2v) is 4.49. The lowest BCUT2D eigenvalue weighted by Crippen LogP contribution is -2.18. The minimum absolute atomic E-state index is 0.425. The van der Waals surface area contributed by atoms with Crippen molar-refractivity contribution < 1.29 is 9.47 Å². The third-order valence-electron chi connectivity index (χ3n) is 2.30. The number of hydrogen-bond acceptors (Lipinski definition) is 3. The Morgan fingerprint density at radius 3 is 2.94 bits per heavy atom. The highest BCUT2D eigenvalue weighted by Gasteiger charge is 2.02. The smallest absolute Gasteiger partial charge is 0.149 e. The third-order valence-corrected chi connectivity index (χ3v) is 3.08. The maximum absolute atomic E-state index is 5.52. The molecule has 0 saturated carbocycles. The average molecular weight is 312 g/mol. The third kappa shape index (κ3) is 5.54. The Morgan fingerprint density at radius 2 is 2.22 bits per heavy atom. The van der Waals surface area contributed by atoms with Crippen LogP contribution in [0.1, 0.15) is 12.5 Å². The Balaban J connectivity index is 2.53. The predicted molar refractivity (Wildman–Crippen MR) is 76.7 cm³/mol. The van der Waals surface area contributed by atoms with Crippen LogP contribution < -0.4 is 10.1 Å². The lowest BCUT2D eigenvalue weighted by Gasteiger charge is -2.09. The van der Waals surface area contributed by atoms with Gasteiger partial charge in [-0.2, -0.15) is 0 Å². The summed E-state index contributed by atoms with van der Waals surface area (Å²) in [6.07, 6.45) is 0. The molecule has 1 aromatic carbocycles. The molecule has 0 aliphatic heterocycles. The molecular formula is C14H18BrNO2. The fourth-order valence-corrected chi connectivity index (χ4v) is 1.75. The zero-order chi connectivity index (χ0) is 13.2. The highest BCUT2D eigenvalue weighted by atomic mass is 79.9. The van der Waals surface area contributed by atoms with Crippen molar-refractivity contribution in [3.05, 3.63) is 28.2 Å². The molecular weight excluding hydrogens is 294 g/mol. The molecule has 3 nitrogen and oxygen atoms in total. The van der Waals surface area contributed by atoms with E-state index in [9.17, 15) is 0 Å². The topological polar surface area (TPSA) is 30.5 Å². The number of benzene rings is 1. The van der Waals surface area contributed by atoms with Crippen LogP contribution in [0.3, 0.4) is 0 Å². The van der Waals surface area contributed by atoms with Crippen molar-refractivity contribution in [1.82, 2.24) is 5.32 Å². The molecule has 0 atom stereocenters. The summed E-state index contributed by atoms with van der Waals surface area (Å²) >= 11 is 3.53. The second-order valence-electron chi connectivity index (χ2n) is 3.64. The molecule has 18 heavy (non-hydrogen) atoms. The van der Waals surface area contributed by atoms with E-state index >= 15 is 0 Å². The number of hydrogen-bond donors (Lipinski definition) is 1. The SMILES string of the molecule is CC#CCOc1ccc(Br)c(CNCCOC)c1. The number of ether oxygens (including phenoxy) is 2. The molecule has 0 bridgehead atoms. The standard InChI is InChI=1S/C14H18BrNO2/c1-3-4-8-18-13-5-6-14(15)12(10-13)11-16-7-9-17-2/h5-6,10,16H,7-9,11H2,1-2H3. The number of nitrogens with one attached hydrogen (secondary N) is 1. The largest absolute Gasteiger partial charge is 0.481 e. The van der Waals surface area contributed by atoms with Crippen LogP contribution in [-0.2, 0) is 11.3 Å². The first kappa shape index (κ1) is 15.0. The van der Waals surface area contributed by atoms with Gasteiger partial charge >= 0.3 is 0 Å². The summed E-state index contributed by atoms with van der Waals surface area (Å²) in [5.74, 6) is 6.51. The minimum atomic E-state index is 0.425.